The summed E-state index contributed by atoms with van der Waals surface area (Å²) in [5.74, 6) is 3.43. The van der Waals surface area contributed by atoms with Gasteiger partial charge in [0.15, 0.2) is 5.78 Å². The third kappa shape index (κ3) is 3.81. The summed E-state index contributed by atoms with van der Waals surface area (Å²) in [6.45, 7) is 0. The van der Waals surface area contributed by atoms with Crippen LogP contribution in [0.15, 0.2) is 11.8 Å². The Morgan fingerprint density at radius 3 is 2.73 bits per heavy atom. The van der Waals surface area contributed by atoms with Crippen molar-refractivity contribution in [3.05, 3.63) is 11.8 Å². The SMILES string of the molecule is O=C1C=C([O-])CC(C2CCCSC2)C1.[Na+]. The zero-order valence-corrected chi connectivity index (χ0v) is 12.0. The molecule has 1 aliphatic heterocycles. The van der Waals surface area contributed by atoms with Gasteiger partial charge in [-0.25, -0.2) is 0 Å². The van der Waals surface area contributed by atoms with Gasteiger partial charge in [0.05, 0.1) is 0 Å². The molecule has 0 spiro atoms. The number of hydrogen-bond donors (Lipinski definition) is 0. The first-order valence-corrected chi connectivity index (χ1v) is 6.39. The maximum Gasteiger partial charge on any atom is 1.00 e. The fraction of sp³-hybridized carbons (Fsp3) is 0.727. The first kappa shape index (κ1) is 13.6. The number of allylic oxidation sites excluding steroid dienone is 2. The fourth-order valence-electron chi connectivity index (χ4n) is 2.36. The molecule has 2 atom stereocenters. The van der Waals surface area contributed by atoms with Gasteiger partial charge >= 0.3 is 29.6 Å². The topological polar surface area (TPSA) is 40.1 Å². The van der Waals surface area contributed by atoms with Gasteiger partial charge in [0.2, 0.25) is 0 Å². The third-order valence-electron chi connectivity index (χ3n) is 3.11. The Bertz CT molecular complexity index is 259. The molecule has 1 fully saturated rings. The van der Waals surface area contributed by atoms with E-state index in [1.54, 1.807) is 0 Å². The van der Waals surface area contributed by atoms with Crippen molar-refractivity contribution in [2.45, 2.75) is 25.7 Å². The van der Waals surface area contributed by atoms with Crippen LogP contribution in [0.5, 0.6) is 0 Å². The van der Waals surface area contributed by atoms with E-state index >= 15 is 0 Å². The average Bonchev–Trinajstić information content (AvgIpc) is 2.18. The minimum atomic E-state index is 0. The van der Waals surface area contributed by atoms with Gasteiger partial charge in [-0.1, -0.05) is 0 Å². The van der Waals surface area contributed by atoms with Gasteiger partial charge in [0.25, 0.3) is 0 Å². The molecule has 1 heterocycles. The van der Waals surface area contributed by atoms with Crippen molar-refractivity contribution in [1.82, 2.24) is 0 Å². The first-order chi connectivity index (χ1) is 6.75. The predicted octanol–water partition coefficient (Wildman–Crippen LogP) is -1.64. The van der Waals surface area contributed by atoms with E-state index in [0.29, 0.717) is 24.7 Å². The molecule has 0 bridgehead atoms. The Balaban J connectivity index is 0.00000112. The number of carbonyl (C=O) groups excluding carboxylic acids is 1. The summed E-state index contributed by atoms with van der Waals surface area (Å²) >= 11 is 1.97. The molecule has 2 aliphatic rings. The van der Waals surface area contributed by atoms with E-state index in [-0.39, 0.29) is 41.1 Å². The molecule has 2 unspecified atom stereocenters. The Morgan fingerprint density at radius 2 is 2.13 bits per heavy atom. The molecule has 4 heteroatoms. The van der Waals surface area contributed by atoms with Crippen LogP contribution < -0.4 is 34.7 Å². The van der Waals surface area contributed by atoms with E-state index in [4.69, 9.17) is 0 Å². The summed E-state index contributed by atoms with van der Waals surface area (Å²) in [7, 11) is 0. The van der Waals surface area contributed by atoms with Crippen LogP contribution in [-0.2, 0) is 4.79 Å². The summed E-state index contributed by atoms with van der Waals surface area (Å²) in [6.07, 6.45) is 4.95. The Kier molecular flexibility index (Phi) is 5.75. The molecule has 0 aromatic rings. The fourth-order valence-corrected chi connectivity index (χ4v) is 3.64. The molecule has 0 radical (unpaired) electrons. The average molecular weight is 234 g/mol. The second-order valence-corrected chi connectivity index (χ2v) is 5.37. The van der Waals surface area contributed by atoms with E-state index in [0.717, 1.165) is 5.75 Å². The molecule has 2 nitrogen and oxygen atoms in total. The zero-order valence-electron chi connectivity index (χ0n) is 9.20. The van der Waals surface area contributed by atoms with Crippen LogP contribution >= 0.6 is 11.8 Å². The predicted molar refractivity (Wildman–Crippen MR) is 55.9 cm³/mol. The van der Waals surface area contributed by atoms with Crippen LogP contribution in [0, 0.1) is 11.8 Å². The molecular weight excluding hydrogens is 219 g/mol. The standard InChI is InChI=1S/C11H16O2S.Na/c12-10-4-9(5-11(13)6-10)8-2-1-3-14-7-8;/h6,8-9,12H,1-5,7H2;/q;+1/p-1. The van der Waals surface area contributed by atoms with Crippen molar-refractivity contribution < 1.29 is 39.5 Å². The first-order valence-electron chi connectivity index (χ1n) is 5.24. The zero-order chi connectivity index (χ0) is 9.97. The maximum atomic E-state index is 11.2. The van der Waals surface area contributed by atoms with Crippen molar-refractivity contribution in [3.63, 3.8) is 0 Å². The molecule has 2 rings (SSSR count). The van der Waals surface area contributed by atoms with E-state index in [1.165, 1.54) is 24.7 Å². The van der Waals surface area contributed by atoms with Crippen LogP contribution in [-0.4, -0.2) is 17.3 Å². The summed E-state index contributed by atoms with van der Waals surface area (Å²) < 4.78 is 0. The molecule has 78 valence electrons. The monoisotopic (exact) mass is 234 g/mol. The normalized spacial score (nSPS) is 31.7. The Morgan fingerprint density at radius 1 is 1.33 bits per heavy atom. The van der Waals surface area contributed by atoms with Gasteiger partial charge in [-0.2, -0.15) is 11.8 Å². The van der Waals surface area contributed by atoms with Crippen molar-refractivity contribution in [2.24, 2.45) is 11.8 Å². The summed E-state index contributed by atoms with van der Waals surface area (Å²) in [5, 5.41) is 11.2. The van der Waals surface area contributed by atoms with Crippen molar-refractivity contribution in [2.75, 3.05) is 11.5 Å². The van der Waals surface area contributed by atoms with E-state index in [2.05, 4.69) is 0 Å². The van der Waals surface area contributed by atoms with Crippen LogP contribution in [0.2, 0.25) is 0 Å². The molecular formula is C11H15NaO2S. The molecule has 1 saturated heterocycles. The number of rotatable bonds is 1. The number of hydrogen-bond acceptors (Lipinski definition) is 3. The molecule has 0 saturated carbocycles. The van der Waals surface area contributed by atoms with Crippen LogP contribution in [0.25, 0.3) is 0 Å². The van der Waals surface area contributed by atoms with Gasteiger partial charge < -0.3 is 5.11 Å². The van der Waals surface area contributed by atoms with Gasteiger partial charge in [-0.15, -0.1) is 5.76 Å². The smallest absolute Gasteiger partial charge is 0.875 e. The molecule has 1 aliphatic carbocycles. The minimum absolute atomic E-state index is 0. The van der Waals surface area contributed by atoms with Crippen molar-refractivity contribution in [1.29, 1.82) is 0 Å². The number of thioether (sulfide) groups is 1. The number of ketones is 1. The summed E-state index contributed by atoms with van der Waals surface area (Å²) in [6, 6.07) is 0. The molecule has 0 amide bonds. The minimum Gasteiger partial charge on any atom is -0.875 e. The van der Waals surface area contributed by atoms with E-state index in [1.807, 2.05) is 11.8 Å². The third-order valence-corrected chi connectivity index (χ3v) is 4.35. The summed E-state index contributed by atoms with van der Waals surface area (Å²) in [4.78, 5) is 11.2. The largest absolute Gasteiger partial charge is 1.00 e. The van der Waals surface area contributed by atoms with Crippen molar-refractivity contribution >= 4 is 17.5 Å². The second-order valence-electron chi connectivity index (χ2n) is 4.22. The van der Waals surface area contributed by atoms with Gasteiger partial charge in [-0.05, 0) is 48.7 Å². The Hall–Kier alpha value is 0.560. The quantitative estimate of drug-likeness (QED) is 0.511. The van der Waals surface area contributed by atoms with E-state index in [9.17, 15) is 9.90 Å². The van der Waals surface area contributed by atoms with Gasteiger partial charge in [0, 0.05) is 6.42 Å². The van der Waals surface area contributed by atoms with Gasteiger partial charge in [0.1, 0.15) is 0 Å². The van der Waals surface area contributed by atoms with E-state index < -0.39 is 0 Å². The molecule has 0 N–H and O–H groups in total. The molecule has 15 heavy (non-hydrogen) atoms. The Labute approximate surface area is 117 Å². The van der Waals surface area contributed by atoms with Crippen LogP contribution in [0.3, 0.4) is 0 Å². The van der Waals surface area contributed by atoms with Gasteiger partial charge in [-0.3, -0.25) is 4.79 Å². The van der Waals surface area contributed by atoms with Crippen molar-refractivity contribution in [3.8, 4) is 0 Å². The van der Waals surface area contributed by atoms with Crippen LogP contribution in [0.4, 0.5) is 0 Å². The maximum absolute atomic E-state index is 11.2. The second kappa shape index (κ2) is 6.33. The number of carbonyl (C=O) groups is 1. The molecule has 0 aromatic heterocycles. The van der Waals surface area contributed by atoms with Crippen LogP contribution in [0.1, 0.15) is 25.7 Å². The molecule has 0 aromatic carbocycles. The summed E-state index contributed by atoms with van der Waals surface area (Å²) in [5.41, 5.74) is 0.